The predicted octanol–water partition coefficient (Wildman–Crippen LogP) is 6.35. The highest BCUT2D eigenvalue weighted by molar-refractivity contribution is 7.85. The molecule has 0 unspecified atom stereocenters. The Kier molecular flexibility index (Phi) is 9.79. The monoisotopic (exact) mass is 416 g/mol. The van der Waals surface area contributed by atoms with Gasteiger partial charge in [-0.2, -0.15) is 0 Å². The van der Waals surface area contributed by atoms with Crippen molar-refractivity contribution in [3.05, 3.63) is 12.7 Å². The fraction of sp³-hybridized carbons (Fsp3) is 0.909. The molecule has 0 aromatic heterocycles. The van der Waals surface area contributed by atoms with Gasteiger partial charge in [-0.3, -0.25) is 0 Å². The Morgan fingerprint density at radius 1 is 0.778 bits per heavy atom. The highest BCUT2D eigenvalue weighted by Gasteiger charge is 2.53. The largest absolute Gasteiger partial charge is 0.748 e. The number of rotatable bonds is 5. The van der Waals surface area contributed by atoms with Gasteiger partial charge in [-0.15, -0.1) is 6.58 Å². The van der Waals surface area contributed by atoms with E-state index < -0.39 is 23.1 Å². The van der Waals surface area contributed by atoms with Crippen molar-refractivity contribution < 1.29 is 13.0 Å². The molecular formula is C22H41O3PS. The third-order valence-corrected chi connectivity index (χ3v) is 14.3. The van der Waals surface area contributed by atoms with Crippen LogP contribution in [0.25, 0.3) is 0 Å². The summed E-state index contributed by atoms with van der Waals surface area (Å²) < 4.78 is 28.8. The summed E-state index contributed by atoms with van der Waals surface area (Å²) in [7, 11) is -4.74. The molecule has 3 saturated carbocycles. The molecule has 0 spiro atoms. The van der Waals surface area contributed by atoms with Gasteiger partial charge in [0.15, 0.2) is 0 Å². The van der Waals surface area contributed by atoms with E-state index in [1.807, 2.05) is 0 Å². The Labute approximate surface area is 168 Å². The van der Waals surface area contributed by atoms with E-state index in [4.69, 9.17) is 0 Å². The van der Waals surface area contributed by atoms with Gasteiger partial charge in [-0.1, -0.05) is 25.3 Å². The van der Waals surface area contributed by atoms with E-state index in [1.54, 1.807) is 77.0 Å². The molecule has 3 nitrogen and oxygen atoms in total. The van der Waals surface area contributed by atoms with E-state index >= 15 is 0 Å². The van der Waals surface area contributed by atoms with Gasteiger partial charge in [-0.25, -0.2) is 8.42 Å². The molecule has 0 aromatic carbocycles. The van der Waals surface area contributed by atoms with Crippen LogP contribution in [0.3, 0.4) is 0 Å². The van der Waals surface area contributed by atoms with Gasteiger partial charge >= 0.3 is 0 Å². The number of hydrogen-bond acceptors (Lipinski definition) is 3. The Morgan fingerprint density at radius 3 is 1.26 bits per heavy atom. The van der Waals surface area contributed by atoms with Crippen LogP contribution in [0.15, 0.2) is 12.7 Å². The average Bonchev–Trinajstić information content (AvgIpc) is 2.69. The molecule has 0 heterocycles. The minimum atomic E-state index is -4.04. The lowest BCUT2D eigenvalue weighted by Gasteiger charge is -2.46. The van der Waals surface area contributed by atoms with E-state index in [-0.39, 0.29) is 0 Å². The Morgan fingerprint density at radius 2 is 1.07 bits per heavy atom. The van der Waals surface area contributed by atoms with E-state index in [1.165, 1.54) is 36.2 Å². The third kappa shape index (κ3) is 7.12. The van der Waals surface area contributed by atoms with Gasteiger partial charge in [0, 0.05) is 13.9 Å². The molecule has 158 valence electrons. The van der Waals surface area contributed by atoms with Crippen LogP contribution in [0.1, 0.15) is 96.3 Å². The number of hydrogen-bond donors (Lipinski definition) is 0. The van der Waals surface area contributed by atoms with Crippen molar-refractivity contribution in [2.24, 2.45) is 0 Å². The first-order chi connectivity index (χ1) is 12.9. The minimum Gasteiger partial charge on any atom is -0.748 e. The van der Waals surface area contributed by atoms with Gasteiger partial charge < -0.3 is 4.55 Å². The van der Waals surface area contributed by atoms with Crippen molar-refractivity contribution >= 4 is 17.4 Å². The zero-order chi connectivity index (χ0) is 19.8. The van der Waals surface area contributed by atoms with Gasteiger partial charge in [0.1, 0.15) is 0 Å². The Hall–Kier alpha value is 0.0800. The zero-order valence-electron chi connectivity index (χ0n) is 17.4. The standard InChI is InChI=1S/C19H36P.C3H6O3S/c1-20(17-11-5-2-6-12-17,18-13-7-3-8-14-18)19-15-9-4-10-16-19;1-2-3-7(4,5)6/h17-19H,2-16H2,1H3;2H,1,3H2,(H,4,5,6)/q+1;/p-1. The predicted molar refractivity (Wildman–Crippen MR) is 118 cm³/mol. The average molecular weight is 417 g/mol. The second kappa shape index (κ2) is 11.3. The van der Waals surface area contributed by atoms with Crippen LogP contribution in [0, 0.1) is 0 Å². The topological polar surface area (TPSA) is 57.2 Å². The van der Waals surface area contributed by atoms with Gasteiger partial charge in [0.2, 0.25) is 0 Å². The third-order valence-electron chi connectivity index (χ3n) is 7.41. The van der Waals surface area contributed by atoms with Gasteiger partial charge in [0.25, 0.3) is 0 Å². The van der Waals surface area contributed by atoms with Gasteiger partial charge in [0.05, 0.1) is 32.8 Å². The molecule has 0 saturated heterocycles. The van der Waals surface area contributed by atoms with Crippen LogP contribution in [0.5, 0.6) is 0 Å². The van der Waals surface area contributed by atoms with Crippen molar-refractivity contribution in [3.63, 3.8) is 0 Å². The second-order valence-corrected chi connectivity index (χ2v) is 15.2. The maximum absolute atomic E-state index is 9.60. The lowest BCUT2D eigenvalue weighted by Crippen LogP contribution is -2.35. The van der Waals surface area contributed by atoms with E-state index in [0.29, 0.717) is 0 Å². The Bertz CT molecular complexity index is 482. The maximum Gasteiger partial charge on any atom is 0.0982 e. The smallest absolute Gasteiger partial charge is 0.0982 e. The highest BCUT2D eigenvalue weighted by atomic mass is 32.2. The van der Waals surface area contributed by atoms with Crippen molar-refractivity contribution in [2.75, 3.05) is 12.4 Å². The summed E-state index contributed by atoms with van der Waals surface area (Å²) in [5.74, 6) is -0.479. The van der Waals surface area contributed by atoms with Crippen LogP contribution in [0.2, 0.25) is 0 Å². The summed E-state index contributed by atoms with van der Waals surface area (Å²) >= 11 is 0. The molecule has 3 aliphatic rings. The van der Waals surface area contributed by atoms with Crippen molar-refractivity contribution in [1.82, 2.24) is 0 Å². The summed E-state index contributed by atoms with van der Waals surface area (Å²) in [5.41, 5.74) is 3.55. The van der Waals surface area contributed by atoms with Crippen molar-refractivity contribution in [3.8, 4) is 0 Å². The Balaban J connectivity index is 0.000000321. The summed E-state index contributed by atoms with van der Waals surface area (Å²) in [5, 5.41) is 0. The van der Waals surface area contributed by atoms with E-state index in [9.17, 15) is 13.0 Å². The minimum absolute atomic E-state index is 0.479. The molecule has 0 amide bonds. The lowest BCUT2D eigenvalue weighted by atomic mass is 9.99. The van der Waals surface area contributed by atoms with Crippen molar-refractivity contribution in [1.29, 1.82) is 0 Å². The molecule has 0 atom stereocenters. The summed E-state index contributed by atoms with van der Waals surface area (Å²) in [4.78, 5) is 0. The molecule has 27 heavy (non-hydrogen) atoms. The molecule has 3 rings (SSSR count). The first kappa shape index (κ1) is 23.4. The van der Waals surface area contributed by atoms with Crippen LogP contribution in [-0.2, 0) is 10.1 Å². The van der Waals surface area contributed by atoms with Crippen LogP contribution in [-0.4, -0.2) is 42.4 Å². The second-order valence-electron chi connectivity index (χ2n) is 9.11. The molecule has 0 bridgehead atoms. The summed E-state index contributed by atoms with van der Waals surface area (Å²) in [6, 6.07) is 0. The molecule has 0 radical (unpaired) electrons. The first-order valence-electron chi connectivity index (χ1n) is 11.3. The molecule has 5 heteroatoms. The SMILES string of the molecule is C=CCS(=O)(=O)[O-].C[P+](C1CCCCC1)(C1CCCCC1)C1CCCCC1. The molecular weight excluding hydrogens is 375 g/mol. The molecule has 3 fully saturated rings. The molecule has 0 aliphatic heterocycles. The molecule has 3 aliphatic carbocycles. The highest BCUT2D eigenvalue weighted by Crippen LogP contribution is 2.74. The van der Waals surface area contributed by atoms with E-state index in [2.05, 4.69) is 13.2 Å². The van der Waals surface area contributed by atoms with Crippen LogP contribution in [0.4, 0.5) is 0 Å². The molecule has 0 N–H and O–H groups in total. The van der Waals surface area contributed by atoms with Crippen molar-refractivity contribution in [2.45, 2.75) is 113 Å². The van der Waals surface area contributed by atoms with Crippen LogP contribution < -0.4 is 0 Å². The zero-order valence-corrected chi connectivity index (χ0v) is 19.1. The maximum atomic E-state index is 9.60. The fourth-order valence-electron chi connectivity index (χ4n) is 5.95. The lowest BCUT2D eigenvalue weighted by molar-refractivity contribution is 0.453. The van der Waals surface area contributed by atoms with Gasteiger partial charge in [-0.05, 0) is 77.0 Å². The fourth-order valence-corrected chi connectivity index (χ4v) is 12.5. The van der Waals surface area contributed by atoms with Crippen LogP contribution >= 0.6 is 7.26 Å². The summed E-state index contributed by atoms with van der Waals surface area (Å²) in [6.07, 6.45) is 24.6. The first-order valence-corrected chi connectivity index (χ1v) is 15.3. The molecule has 0 aromatic rings. The van der Waals surface area contributed by atoms with E-state index in [0.717, 1.165) is 6.08 Å². The summed E-state index contributed by atoms with van der Waals surface area (Å²) in [6.45, 7) is 5.94. The normalized spacial score (nSPS) is 24.1. The quantitative estimate of drug-likeness (QED) is 0.298.